The quantitative estimate of drug-likeness (QED) is 0.0223. The van der Waals surface area contributed by atoms with E-state index in [2.05, 4.69) is 41.9 Å². The first-order valence-corrected chi connectivity index (χ1v) is 17.7. The number of guanidine groups is 2. The van der Waals surface area contributed by atoms with E-state index in [1.165, 1.54) is 6.92 Å². The Bertz CT molecular complexity index is 1320. The minimum absolute atomic E-state index is 0.00687. The highest BCUT2D eigenvalue weighted by molar-refractivity contribution is 5.96. The molecule has 0 saturated heterocycles. The molecule has 6 amide bonds. The standard InChI is InChI=1S/C32H61N13O9/c1-16(2)12-19(33)26(50)42-21(9-7-11-39-32(36)37)29(53)43-20(8-6-10-38-31(34)35)28(52)41-18(5)25(49)45-23(15-46)30(54)44-22(13-17(3)4)27(51)40-14-24(47)48/h16-23,46H,6-15,33H2,1-5H3,(H,40,51)(H,41,52)(H,42,50)(H,43,53)(H,44,54)(H,45,49)(H,47,48)(H4,34,35,38)(H4,36,37,39)/t18-,19-,20-,21-,22-,23-/m0/s1. The molecule has 0 radical (unpaired) electrons. The van der Waals surface area contributed by atoms with E-state index in [0.29, 0.717) is 6.42 Å². The SMILES string of the molecule is CC(C)C[C@H](NC(=O)[C@H](CO)NC(=O)[C@H](C)NC(=O)[C@H](CCCN=C(N)N)NC(=O)[C@H](CCCN=C(N)N)NC(=O)[C@@H](N)CC(C)C)C(=O)NCC(=O)O. The molecular formula is C32H61N13O9. The second kappa shape index (κ2) is 25.7. The number of hydrogen-bond donors (Lipinski definition) is 13. The lowest BCUT2D eigenvalue weighted by atomic mass is 10.0. The minimum atomic E-state index is -1.56. The Labute approximate surface area is 315 Å². The Morgan fingerprint density at radius 3 is 1.44 bits per heavy atom. The van der Waals surface area contributed by atoms with Crippen LogP contribution < -0.4 is 60.6 Å². The highest BCUT2D eigenvalue weighted by atomic mass is 16.4. The van der Waals surface area contributed by atoms with Crippen LogP contribution in [0.15, 0.2) is 9.98 Å². The molecule has 0 rings (SSSR count). The molecular weight excluding hydrogens is 710 g/mol. The molecule has 54 heavy (non-hydrogen) atoms. The number of aliphatic carboxylic acids is 1. The van der Waals surface area contributed by atoms with E-state index in [1.54, 1.807) is 13.8 Å². The van der Waals surface area contributed by atoms with Gasteiger partial charge in [0.25, 0.3) is 0 Å². The van der Waals surface area contributed by atoms with Crippen LogP contribution in [0.3, 0.4) is 0 Å². The normalized spacial score (nSPS) is 14.2. The van der Waals surface area contributed by atoms with Gasteiger partial charge in [-0.25, -0.2) is 0 Å². The second-order valence-electron chi connectivity index (χ2n) is 13.5. The molecule has 0 bridgehead atoms. The summed E-state index contributed by atoms with van der Waals surface area (Å²) < 4.78 is 0. The van der Waals surface area contributed by atoms with Crippen LogP contribution in [0.2, 0.25) is 0 Å². The third-order valence-electron chi connectivity index (χ3n) is 7.54. The molecule has 6 atom stereocenters. The fourth-order valence-corrected chi connectivity index (χ4v) is 4.84. The summed E-state index contributed by atoms with van der Waals surface area (Å²) in [6.07, 6.45) is 1.03. The first-order valence-electron chi connectivity index (χ1n) is 17.7. The van der Waals surface area contributed by atoms with Crippen LogP contribution in [0.4, 0.5) is 0 Å². The molecule has 308 valence electrons. The van der Waals surface area contributed by atoms with Crippen molar-refractivity contribution in [2.75, 3.05) is 26.2 Å². The van der Waals surface area contributed by atoms with E-state index in [1.807, 2.05) is 13.8 Å². The van der Waals surface area contributed by atoms with Crippen molar-refractivity contribution < 1.29 is 43.8 Å². The number of hydrogen-bond acceptors (Lipinski definition) is 11. The van der Waals surface area contributed by atoms with Crippen LogP contribution in [0.5, 0.6) is 0 Å². The summed E-state index contributed by atoms with van der Waals surface area (Å²) in [5, 5.41) is 33.3. The zero-order valence-electron chi connectivity index (χ0n) is 31.7. The van der Waals surface area contributed by atoms with Crippen LogP contribution in [-0.2, 0) is 33.6 Å². The Morgan fingerprint density at radius 2 is 1.00 bits per heavy atom. The third-order valence-corrected chi connectivity index (χ3v) is 7.54. The van der Waals surface area contributed by atoms with Crippen molar-refractivity contribution >= 4 is 53.3 Å². The monoisotopic (exact) mass is 771 g/mol. The van der Waals surface area contributed by atoms with Crippen molar-refractivity contribution in [2.24, 2.45) is 50.5 Å². The number of carboxylic acid groups (broad SMARTS) is 1. The Morgan fingerprint density at radius 1 is 0.574 bits per heavy atom. The third kappa shape index (κ3) is 21.3. The molecule has 0 aliphatic heterocycles. The molecule has 0 aliphatic rings. The summed E-state index contributed by atoms with van der Waals surface area (Å²) in [6, 6.07) is -7.36. The number of carbonyl (C=O) groups is 7. The number of aliphatic hydroxyl groups excluding tert-OH is 1. The lowest BCUT2D eigenvalue weighted by Crippen LogP contribution is -2.59. The number of rotatable bonds is 26. The van der Waals surface area contributed by atoms with E-state index >= 15 is 0 Å². The molecule has 0 aromatic rings. The number of aliphatic imine (C=N–C) groups is 2. The maximum absolute atomic E-state index is 13.6. The molecule has 0 aromatic heterocycles. The number of amides is 6. The molecule has 0 heterocycles. The van der Waals surface area contributed by atoms with Gasteiger partial charge < -0.3 is 70.8 Å². The summed E-state index contributed by atoms with van der Waals surface area (Å²) in [7, 11) is 0. The molecule has 22 heteroatoms. The van der Waals surface area contributed by atoms with Gasteiger partial charge in [-0.15, -0.1) is 0 Å². The van der Waals surface area contributed by atoms with Crippen LogP contribution >= 0.6 is 0 Å². The van der Waals surface area contributed by atoms with E-state index < -0.39 is 90.8 Å². The average molecular weight is 772 g/mol. The molecule has 0 saturated carbocycles. The summed E-state index contributed by atoms with van der Waals surface area (Å²) in [6.45, 7) is 7.28. The topological polar surface area (TPSA) is 387 Å². The zero-order valence-corrected chi connectivity index (χ0v) is 31.7. The number of nitrogens with zero attached hydrogens (tertiary/aromatic N) is 2. The predicted molar refractivity (Wildman–Crippen MR) is 200 cm³/mol. The maximum Gasteiger partial charge on any atom is 0.322 e. The van der Waals surface area contributed by atoms with Gasteiger partial charge in [-0.1, -0.05) is 27.7 Å². The number of carboxylic acids is 1. The van der Waals surface area contributed by atoms with Gasteiger partial charge in [-0.3, -0.25) is 43.5 Å². The van der Waals surface area contributed by atoms with Crippen molar-refractivity contribution in [3.8, 4) is 0 Å². The van der Waals surface area contributed by atoms with E-state index in [4.69, 9.17) is 33.8 Å². The smallest absolute Gasteiger partial charge is 0.322 e. The first-order chi connectivity index (χ1) is 25.2. The zero-order chi connectivity index (χ0) is 41.5. The number of carbonyl (C=O) groups excluding carboxylic acids is 6. The van der Waals surface area contributed by atoms with Gasteiger partial charge in [0, 0.05) is 13.1 Å². The summed E-state index contributed by atoms with van der Waals surface area (Å²) >= 11 is 0. The van der Waals surface area contributed by atoms with Crippen molar-refractivity contribution in [3.05, 3.63) is 0 Å². The Balaban J connectivity index is 5.96. The van der Waals surface area contributed by atoms with E-state index in [9.17, 15) is 38.7 Å². The first kappa shape index (κ1) is 48.8. The largest absolute Gasteiger partial charge is 0.480 e. The second-order valence-corrected chi connectivity index (χ2v) is 13.5. The van der Waals surface area contributed by atoms with Crippen LogP contribution in [-0.4, -0.2) is 126 Å². The lowest BCUT2D eigenvalue weighted by molar-refractivity contribution is -0.138. The number of nitrogens with one attached hydrogen (secondary N) is 6. The minimum Gasteiger partial charge on any atom is -0.480 e. The Hall–Kier alpha value is -5.25. The summed E-state index contributed by atoms with van der Waals surface area (Å²) in [5.41, 5.74) is 27.6. The predicted octanol–water partition coefficient (Wildman–Crippen LogP) is -4.85. The van der Waals surface area contributed by atoms with Crippen molar-refractivity contribution in [1.82, 2.24) is 31.9 Å². The number of nitrogens with two attached hydrogens (primary N) is 5. The molecule has 22 nitrogen and oxygen atoms in total. The summed E-state index contributed by atoms with van der Waals surface area (Å²) in [4.78, 5) is 97.1. The molecule has 0 aliphatic carbocycles. The van der Waals surface area contributed by atoms with E-state index in [-0.39, 0.29) is 68.9 Å². The number of aliphatic hydroxyl groups is 1. The van der Waals surface area contributed by atoms with Gasteiger partial charge in [0.15, 0.2) is 11.9 Å². The maximum atomic E-state index is 13.6. The average Bonchev–Trinajstić information content (AvgIpc) is 3.06. The van der Waals surface area contributed by atoms with Crippen LogP contribution in [0.1, 0.15) is 73.1 Å². The highest BCUT2D eigenvalue weighted by Gasteiger charge is 2.31. The van der Waals surface area contributed by atoms with Gasteiger partial charge in [-0.2, -0.15) is 0 Å². The fourth-order valence-electron chi connectivity index (χ4n) is 4.84. The van der Waals surface area contributed by atoms with Crippen molar-refractivity contribution in [3.63, 3.8) is 0 Å². The molecule has 0 unspecified atom stereocenters. The van der Waals surface area contributed by atoms with Crippen molar-refractivity contribution in [1.29, 1.82) is 0 Å². The van der Waals surface area contributed by atoms with Gasteiger partial charge in [0.2, 0.25) is 35.4 Å². The van der Waals surface area contributed by atoms with E-state index in [0.717, 1.165) is 0 Å². The van der Waals surface area contributed by atoms with Crippen LogP contribution in [0, 0.1) is 11.8 Å². The summed E-state index contributed by atoms with van der Waals surface area (Å²) in [5.74, 6) is -6.38. The van der Waals surface area contributed by atoms with Crippen LogP contribution in [0.25, 0.3) is 0 Å². The molecule has 0 aromatic carbocycles. The fraction of sp³-hybridized carbons (Fsp3) is 0.719. The van der Waals surface area contributed by atoms with Gasteiger partial charge in [-0.05, 0) is 57.3 Å². The van der Waals surface area contributed by atoms with Gasteiger partial charge in [0.1, 0.15) is 36.8 Å². The van der Waals surface area contributed by atoms with Crippen molar-refractivity contribution in [2.45, 2.75) is 109 Å². The lowest BCUT2D eigenvalue weighted by Gasteiger charge is -2.26. The van der Waals surface area contributed by atoms with Gasteiger partial charge in [0.05, 0.1) is 12.6 Å². The highest BCUT2D eigenvalue weighted by Crippen LogP contribution is 2.08. The molecule has 18 N–H and O–H groups in total. The van der Waals surface area contributed by atoms with Gasteiger partial charge >= 0.3 is 5.97 Å². The Kier molecular flexibility index (Phi) is 23.2. The molecule has 0 spiro atoms. The molecule has 0 fully saturated rings.